The van der Waals surface area contributed by atoms with Gasteiger partial charge in [0, 0.05) is 22.7 Å². The number of non-ortho nitro benzene ring substituents is 1. The van der Waals surface area contributed by atoms with E-state index in [4.69, 9.17) is 16.0 Å². The van der Waals surface area contributed by atoms with Gasteiger partial charge in [0.05, 0.1) is 16.6 Å². The average molecular weight is 365 g/mol. The molecule has 0 aliphatic heterocycles. The highest BCUT2D eigenvalue weighted by atomic mass is 35.5. The zero-order valence-electron chi connectivity index (χ0n) is 13.8. The summed E-state index contributed by atoms with van der Waals surface area (Å²) in [5.74, 6) is 0.975. The van der Waals surface area contributed by atoms with Gasteiger partial charge in [-0.25, -0.2) is 0 Å². The number of furan rings is 1. The van der Waals surface area contributed by atoms with Gasteiger partial charge < -0.3 is 4.42 Å². The van der Waals surface area contributed by atoms with Crippen molar-refractivity contribution >= 4 is 28.9 Å². The Morgan fingerprint density at radius 3 is 2.73 bits per heavy atom. The number of hydrogen-bond donors (Lipinski definition) is 0. The summed E-state index contributed by atoms with van der Waals surface area (Å²) in [6, 6.07) is 17.2. The molecule has 0 bridgehead atoms. The SMILES string of the molecule is Cc1ccc([N+](=O)[O-])cc1-c1ccc(/C=C(/C#N)c2cccc(Cl)c2)o1. The molecule has 0 radical (unpaired) electrons. The first-order chi connectivity index (χ1) is 12.5. The molecule has 0 N–H and O–H groups in total. The fourth-order valence-corrected chi connectivity index (χ4v) is 2.73. The number of halogens is 1. The Morgan fingerprint density at radius 1 is 1.23 bits per heavy atom. The van der Waals surface area contributed by atoms with E-state index in [-0.39, 0.29) is 5.69 Å². The van der Waals surface area contributed by atoms with Crippen molar-refractivity contribution in [2.45, 2.75) is 6.92 Å². The van der Waals surface area contributed by atoms with Crippen LogP contribution in [-0.4, -0.2) is 4.92 Å². The Hall–Kier alpha value is -3.36. The molecular formula is C20H13ClN2O3. The Balaban J connectivity index is 1.99. The summed E-state index contributed by atoms with van der Waals surface area (Å²) in [6.45, 7) is 1.85. The molecule has 0 aliphatic rings. The summed E-state index contributed by atoms with van der Waals surface area (Å²) in [5, 5.41) is 20.9. The summed E-state index contributed by atoms with van der Waals surface area (Å²) < 4.78 is 5.79. The number of rotatable bonds is 4. The van der Waals surface area contributed by atoms with Crippen molar-refractivity contribution in [2.75, 3.05) is 0 Å². The maximum Gasteiger partial charge on any atom is 0.270 e. The number of nitriles is 1. The molecule has 1 heterocycles. The molecule has 6 heteroatoms. The monoisotopic (exact) mass is 364 g/mol. The quantitative estimate of drug-likeness (QED) is 0.329. The van der Waals surface area contributed by atoms with Crippen molar-refractivity contribution in [3.05, 3.63) is 86.6 Å². The van der Waals surface area contributed by atoms with E-state index in [0.717, 1.165) is 5.56 Å². The second-order valence-electron chi connectivity index (χ2n) is 5.64. The number of aryl methyl sites for hydroxylation is 1. The fourth-order valence-electron chi connectivity index (χ4n) is 2.54. The van der Waals surface area contributed by atoms with Gasteiger partial charge in [-0.2, -0.15) is 5.26 Å². The molecule has 128 valence electrons. The molecule has 1 aromatic heterocycles. The van der Waals surface area contributed by atoms with Gasteiger partial charge in [0.2, 0.25) is 0 Å². The number of nitro groups is 1. The molecular weight excluding hydrogens is 352 g/mol. The first-order valence-electron chi connectivity index (χ1n) is 7.71. The van der Waals surface area contributed by atoms with E-state index in [9.17, 15) is 15.4 Å². The first-order valence-corrected chi connectivity index (χ1v) is 8.08. The molecule has 5 nitrogen and oxygen atoms in total. The lowest BCUT2D eigenvalue weighted by atomic mass is 10.1. The van der Waals surface area contributed by atoms with E-state index in [2.05, 4.69) is 6.07 Å². The van der Waals surface area contributed by atoms with Crippen LogP contribution in [-0.2, 0) is 0 Å². The summed E-state index contributed by atoms with van der Waals surface area (Å²) in [6.07, 6.45) is 1.61. The summed E-state index contributed by atoms with van der Waals surface area (Å²) in [4.78, 5) is 10.5. The van der Waals surface area contributed by atoms with Crippen molar-refractivity contribution in [3.63, 3.8) is 0 Å². The first kappa shape index (κ1) is 17.5. The average Bonchev–Trinajstić information content (AvgIpc) is 3.08. The Morgan fingerprint density at radius 2 is 2.04 bits per heavy atom. The van der Waals surface area contributed by atoms with Crippen LogP contribution in [0.15, 0.2) is 59.0 Å². The van der Waals surface area contributed by atoms with Crippen LogP contribution in [0.3, 0.4) is 0 Å². The van der Waals surface area contributed by atoms with Crippen LogP contribution in [0.25, 0.3) is 23.0 Å². The van der Waals surface area contributed by atoms with E-state index in [1.807, 2.05) is 6.92 Å². The Labute approximate surface area is 154 Å². The number of nitro benzene ring substituents is 1. The van der Waals surface area contributed by atoms with Crippen molar-refractivity contribution in [3.8, 4) is 17.4 Å². The number of allylic oxidation sites excluding steroid dienone is 1. The van der Waals surface area contributed by atoms with Gasteiger partial charge in [0.15, 0.2) is 0 Å². The molecule has 26 heavy (non-hydrogen) atoms. The molecule has 0 atom stereocenters. The minimum Gasteiger partial charge on any atom is -0.457 e. The normalized spacial score (nSPS) is 11.2. The molecule has 0 aliphatic carbocycles. The highest BCUT2D eigenvalue weighted by Gasteiger charge is 2.13. The molecule has 0 saturated heterocycles. The predicted molar refractivity (Wildman–Crippen MR) is 100 cm³/mol. The molecule has 0 saturated carbocycles. The fraction of sp³-hybridized carbons (Fsp3) is 0.0500. The molecule has 2 aromatic carbocycles. The lowest BCUT2D eigenvalue weighted by Crippen LogP contribution is -1.89. The largest absolute Gasteiger partial charge is 0.457 e. The predicted octanol–water partition coefficient (Wildman–Crippen LogP) is 5.88. The smallest absolute Gasteiger partial charge is 0.270 e. The maximum atomic E-state index is 11.0. The highest BCUT2D eigenvalue weighted by Crippen LogP contribution is 2.30. The standard InChI is InChI=1S/C20H13ClN2O3/c1-13-5-6-17(23(24)25)11-19(13)20-8-7-18(26-20)10-15(12-22)14-3-2-4-16(21)9-14/h2-11H,1H3/b15-10-. The summed E-state index contributed by atoms with van der Waals surface area (Å²) in [5.41, 5.74) is 2.58. The Kier molecular flexibility index (Phi) is 4.87. The second-order valence-corrected chi connectivity index (χ2v) is 6.07. The zero-order valence-corrected chi connectivity index (χ0v) is 14.5. The summed E-state index contributed by atoms with van der Waals surface area (Å²) in [7, 11) is 0. The van der Waals surface area contributed by atoms with Gasteiger partial charge in [-0.15, -0.1) is 0 Å². The van der Waals surface area contributed by atoms with E-state index in [1.54, 1.807) is 48.5 Å². The highest BCUT2D eigenvalue weighted by molar-refractivity contribution is 6.30. The van der Waals surface area contributed by atoms with E-state index < -0.39 is 4.92 Å². The lowest BCUT2D eigenvalue weighted by Gasteiger charge is -2.02. The van der Waals surface area contributed by atoms with Gasteiger partial charge in [0.25, 0.3) is 5.69 Å². The molecule has 3 aromatic rings. The third kappa shape index (κ3) is 3.66. The van der Waals surface area contributed by atoms with Gasteiger partial charge in [-0.3, -0.25) is 10.1 Å². The second kappa shape index (κ2) is 7.26. The zero-order chi connectivity index (χ0) is 18.7. The van der Waals surface area contributed by atoms with E-state index >= 15 is 0 Å². The number of benzene rings is 2. The van der Waals surface area contributed by atoms with Crippen LogP contribution < -0.4 is 0 Å². The molecule has 0 unspecified atom stereocenters. The number of hydrogen-bond acceptors (Lipinski definition) is 4. The van der Waals surface area contributed by atoms with Crippen molar-refractivity contribution in [1.82, 2.24) is 0 Å². The van der Waals surface area contributed by atoms with Crippen LogP contribution >= 0.6 is 11.6 Å². The minimum absolute atomic E-state index is 0.00395. The van der Waals surface area contributed by atoms with Gasteiger partial charge >= 0.3 is 0 Å². The lowest BCUT2D eigenvalue weighted by molar-refractivity contribution is -0.384. The van der Waals surface area contributed by atoms with Gasteiger partial charge in [-0.05, 0) is 48.4 Å². The van der Waals surface area contributed by atoms with E-state index in [0.29, 0.717) is 33.2 Å². The van der Waals surface area contributed by atoms with Crippen LogP contribution in [0.4, 0.5) is 5.69 Å². The molecule has 3 rings (SSSR count). The summed E-state index contributed by atoms with van der Waals surface area (Å²) >= 11 is 5.98. The van der Waals surface area contributed by atoms with E-state index in [1.165, 1.54) is 12.1 Å². The van der Waals surface area contributed by atoms with Crippen LogP contribution in [0, 0.1) is 28.4 Å². The maximum absolute atomic E-state index is 11.0. The number of nitrogens with zero attached hydrogens (tertiary/aromatic N) is 2. The van der Waals surface area contributed by atoms with Crippen LogP contribution in [0.1, 0.15) is 16.9 Å². The van der Waals surface area contributed by atoms with Crippen molar-refractivity contribution < 1.29 is 9.34 Å². The third-order valence-corrected chi connectivity index (χ3v) is 4.10. The van der Waals surface area contributed by atoms with Crippen molar-refractivity contribution in [1.29, 1.82) is 5.26 Å². The molecule has 0 fully saturated rings. The third-order valence-electron chi connectivity index (χ3n) is 3.87. The van der Waals surface area contributed by atoms with Gasteiger partial charge in [0.1, 0.15) is 11.5 Å². The minimum atomic E-state index is -0.445. The van der Waals surface area contributed by atoms with Crippen molar-refractivity contribution in [2.24, 2.45) is 0 Å². The van der Waals surface area contributed by atoms with Crippen LogP contribution in [0.2, 0.25) is 5.02 Å². The molecule has 0 spiro atoms. The van der Waals surface area contributed by atoms with Crippen LogP contribution in [0.5, 0.6) is 0 Å². The van der Waals surface area contributed by atoms with Gasteiger partial charge in [-0.1, -0.05) is 29.8 Å². The topological polar surface area (TPSA) is 80.1 Å². The Bertz CT molecular complexity index is 1060. The molecule has 0 amide bonds.